The quantitative estimate of drug-likeness (QED) is 0.515. The van der Waals surface area contributed by atoms with Crippen LogP contribution in [0.1, 0.15) is 26.4 Å². The summed E-state index contributed by atoms with van der Waals surface area (Å²) in [6.45, 7) is 1.69. The van der Waals surface area contributed by atoms with Gasteiger partial charge in [0.25, 0.3) is 11.8 Å². The Morgan fingerprint density at radius 2 is 1.60 bits per heavy atom. The SMILES string of the molecule is Cc1c(-c2ccccc2)oc2c(C(=O)NNC(=O)c3ccccn3)cccc2c1=O. The van der Waals surface area contributed by atoms with E-state index in [2.05, 4.69) is 15.8 Å². The molecule has 0 unspecified atom stereocenters. The lowest BCUT2D eigenvalue weighted by Gasteiger charge is -2.11. The third-order valence-electron chi connectivity index (χ3n) is 4.61. The van der Waals surface area contributed by atoms with Crippen molar-refractivity contribution >= 4 is 22.8 Å². The van der Waals surface area contributed by atoms with Crippen LogP contribution in [0.3, 0.4) is 0 Å². The zero-order chi connectivity index (χ0) is 21.1. The summed E-state index contributed by atoms with van der Waals surface area (Å²) in [4.78, 5) is 41.7. The standard InChI is InChI=1S/C23H17N3O4/c1-14-19(27)16-10-7-11-17(21(16)30-20(14)15-8-3-2-4-9-15)22(28)25-26-23(29)18-12-5-6-13-24-18/h2-13H,1H3,(H,25,28)(H,26,29). The first-order valence-corrected chi connectivity index (χ1v) is 9.20. The number of amides is 2. The van der Waals surface area contributed by atoms with E-state index < -0.39 is 11.8 Å². The van der Waals surface area contributed by atoms with Gasteiger partial charge in [0.2, 0.25) is 0 Å². The van der Waals surface area contributed by atoms with Crippen molar-refractivity contribution in [2.45, 2.75) is 6.92 Å². The largest absolute Gasteiger partial charge is 0.455 e. The van der Waals surface area contributed by atoms with E-state index >= 15 is 0 Å². The van der Waals surface area contributed by atoms with Gasteiger partial charge in [-0.1, -0.05) is 42.5 Å². The van der Waals surface area contributed by atoms with Gasteiger partial charge in [0, 0.05) is 17.3 Å². The normalized spacial score (nSPS) is 10.6. The minimum atomic E-state index is -0.615. The first-order valence-electron chi connectivity index (χ1n) is 9.20. The monoisotopic (exact) mass is 399 g/mol. The van der Waals surface area contributed by atoms with Crippen LogP contribution in [0.5, 0.6) is 0 Å². The second-order valence-electron chi connectivity index (χ2n) is 6.56. The first kappa shape index (κ1) is 19.1. The number of aromatic nitrogens is 1. The van der Waals surface area contributed by atoms with Crippen molar-refractivity contribution in [3.8, 4) is 11.3 Å². The van der Waals surface area contributed by atoms with Crippen LogP contribution in [0.15, 0.2) is 82.1 Å². The number of para-hydroxylation sites is 1. The van der Waals surface area contributed by atoms with Crippen LogP contribution in [0, 0.1) is 6.92 Å². The Morgan fingerprint density at radius 3 is 2.33 bits per heavy atom. The molecule has 0 spiro atoms. The number of carbonyl (C=O) groups excluding carboxylic acids is 2. The summed E-state index contributed by atoms with van der Waals surface area (Å²) in [6.07, 6.45) is 1.48. The Morgan fingerprint density at radius 1 is 0.867 bits per heavy atom. The molecule has 2 amide bonds. The van der Waals surface area contributed by atoms with Crippen LogP contribution in [0.4, 0.5) is 0 Å². The molecule has 0 aliphatic carbocycles. The third-order valence-corrected chi connectivity index (χ3v) is 4.61. The van der Waals surface area contributed by atoms with Gasteiger partial charge in [0.15, 0.2) is 11.0 Å². The maximum atomic E-state index is 12.9. The maximum absolute atomic E-state index is 12.9. The number of hydrogen-bond donors (Lipinski definition) is 2. The molecule has 2 N–H and O–H groups in total. The van der Waals surface area contributed by atoms with Gasteiger partial charge in [0.05, 0.1) is 10.9 Å². The number of benzene rings is 2. The zero-order valence-electron chi connectivity index (χ0n) is 16.0. The van der Waals surface area contributed by atoms with Crippen LogP contribution >= 0.6 is 0 Å². The molecular formula is C23H17N3O4. The third kappa shape index (κ3) is 3.56. The van der Waals surface area contributed by atoms with Gasteiger partial charge < -0.3 is 4.42 Å². The highest BCUT2D eigenvalue weighted by Gasteiger charge is 2.19. The second-order valence-corrected chi connectivity index (χ2v) is 6.56. The fourth-order valence-electron chi connectivity index (χ4n) is 3.10. The summed E-state index contributed by atoms with van der Waals surface area (Å²) in [6, 6.07) is 18.8. The van der Waals surface area contributed by atoms with Crippen molar-refractivity contribution in [2.75, 3.05) is 0 Å². The zero-order valence-corrected chi connectivity index (χ0v) is 16.0. The highest BCUT2D eigenvalue weighted by molar-refractivity contribution is 6.06. The fourth-order valence-corrected chi connectivity index (χ4v) is 3.10. The molecule has 148 valence electrons. The Balaban J connectivity index is 1.70. The molecular weight excluding hydrogens is 382 g/mol. The number of hydrazine groups is 1. The number of nitrogens with zero attached hydrogens (tertiary/aromatic N) is 1. The summed E-state index contributed by atoms with van der Waals surface area (Å²) in [5, 5.41) is 0.288. The topological polar surface area (TPSA) is 101 Å². The lowest BCUT2D eigenvalue weighted by atomic mass is 10.0. The fraction of sp³-hybridized carbons (Fsp3) is 0.0435. The van der Waals surface area contributed by atoms with E-state index in [1.807, 2.05) is 30.3 Å². The molecule has 2 aromatic heterocycles. The van der Waals surface area contributed by atoms with Gasteiger partial charge in [-0.3, -0.25) is 30.2 Å². The molecule has 7 heteroatoms. The summed E-state index contributed by atoms with van der Waals surface area (Å²) < 4.78 is 6.02. The maximum Gasteiger partial charge on any atom is 0.288 e. The molecule has 0 radical (unpaired) electrons. The van der Waals surface area contributed by atoms with Gasteiger partial charge in [-0.15, -0.1) is 0 Å². The highest BCUT2D eigenvalue weighted by Crippen LogP contribution is 2.27. The van der Waals surface area contributed by atoms with Crippen molar-refractivity contribution in [1.82, 2.24) is 15.8 Å². The molecule has 0 saturated carbocycles. The van der Waals surface area contributed by atoms with Gasteiger partial charge in [0.1, 0.15) is 11.5 Å². The molecule has 4 aromatic rings. The lowest BCUT2D eigenvalue weighted by molar-refractivity contribution is 0.0844. The molecule has 2 heterocycles. The van der Waals surface area contributed by atoms with E-state index in [9.17, 15) is 14.4 Å². The minimum absolute atomic E-state index is 0.128. The average Bonchev–Trinajstić information content (AvgIpc) is 2.80. The Kier molecular flexibility index (Phi) is 5.09. The Hall–Kier alpha value is -4.26. The molecule has 0 atom stereocenters. The minimum Gasteiger partial charge on any atom is -0.455 e. The smallest absolute Gasteiger partial charge is 0.288 e. The Labute approximate surface area is 171 Å². The molecule has 0 bridgehead atoms. The van der Waals surface area contributed by atoms with Gasteiger partial charge >= 0.3 is 0 Å². The van der Waals surface area contributed by atoms with Crippen molar-refractivity contribution in [3.63, 3.8) is 0 Å². The van der Waals surface area contributed by atoms with Crippen LogP contribution in [-0.2, 0) is 0 Å². The first-order chi connectivity index (χ1) is 14.6. The van der Waals surface area contributed by atoms with E-state index in [1.54, 1.807) is 31.2 Å². The molecule has 0 fully saturated rings. The summed E-state index contributed by atoms with van der Waals surface area (Å²) >= 11 is 0. The number of nitrogens with one attached hydrogen (secondary N) is 2. The Bertz CT molecular complexity index is 1300. The summed E-state index contributed by atoms with van der Waals surface area (Å²) in [7, 11) is 0. The molecule has 0 saturated heterocycles. The summed E-state index contributed by atoms with van der Waals surface area (Å²) in [5.41, 5.74) is 6.05. The highest BCUT2D eigenvalue weighted by atomic mass is 16.3. The van der Waals surface area contributed by atoms with Crippen LogP contribution in [0.2, 0.25) is 0 Å². The van der Waals surface area contributed by atoms with Crippen molar-refractivity contribution in [3.05, 3.63) is 100.0 Å². The van der Waals surface area contributed by atoms with Crippen molar-refractivity contribution < 1.29 is 14.0 Å². The molecule has 0 aliphatic heterocycles. The summed E-state index contributed by atoms with van der Waals surface area (Å²) in [5.74, 6) is -0.784. The average molecular weight is 399 g/mol. The molecule has 30 heavy (non-hydrogen) atoms. The van der Waals surface area contributed by atoms with E-state index in [-0.39, 0.29) is 27.7 Å². The molecule has 2 aromatic carbocycles. The number of fused-ring (bicyclic) bond motifs is 1. The molecule has 0 aliphatic rings. The van der Waals surface area contributed by atoms with Gasteiger partial charge in [-0.2, -0.15) is 0 Å². The van der Waals surface area contributed by atoms with E-state index in [4.69, 9.17) is 4.42 Å². The van der Waals surface area contributed by atoms with Crippen molar-refractivity contribution in [1.29, 1.82) is 0 Å². The second kappa shape index (κ2) is 8.00. The van der Waals surface area contributed by atoms with E-state index in [1.165, 1.54) is 18.3 Å². The van der Waals surface area contributed by atoms with E-state index in [0.717, 1.165) is 5.56 Å². The lowest BCUT2D eigenvalue weighted by Crippen LogP contribution is -2.42. The van der Waals surface area contributed by atoms with Crippen LogP contribution in [-0.4, -0.2) is 16.8 Å². The number of pyridine rings is 1. The van der Waals surface area contributed by atoms with Gasteiger partial charge in [-0.05, 0) is 31.2 Å². The molecule has 7 nitrogen and oxygen atoms in total. The van der Waals surface area contributed by atoms with Crippen molar-refractivity contribution in [2.24, 2.45) is 0 Å². The number of hydrogen-bond acceptors (Lipinski definition) is 5. The van der Waals surface area contributed by atoms with Crippen LogP contribution < -0.4 is 16.3 Å². The van der Waals surface area contributed by atoms with Gasteiger partial charge in [-0.25, -0.2) is 0 Å². The predicted molar refractivity (Wildman–Crippen MR) is 112 cm³/mol. The predicted octanol–water partition coefficient (Wildman–Crippen LogP) is 3.24. The van der Waals surface area contributed by atoms with E-state index in [0.29, 0.717) is 11.3 Å². The molecule has 4 rings (SSSR count). The number of rotatable bonds is 3. The van der Waals surface area contributed by atoms with Crippen LogP contribution in [0.25, 0.3) is 22.3 Å². The number of carbonyl (C=O) groups is 2.